The molecule has 132 valence electrons. The summed E-state index contributed by atoms with van der Waals surface area (Å²) in [6, 6.07) is 14.4. The number of benzene rings is 2. The Morgan fingerprint density at radius 2 is 1.88 bits per heavy atom. The van der Waals surface area contributed by atoms with Crippen molar-refractivity contribution in [2.75, 3.05) is 13.1 Å². The van der Waals surface area contributed by atoms with Crippen LogP contribution in [0.1, 0.15) is 27.9 Å². The van der Waals surface area contributed by atoms with Crippen molar-refractivity contribution in [1.82, 2.24) is 4.90 Å². The van der Waals surface area contributed by atoms with Crippen molar-refractivity contribution in [2.45, 2.75) is 20.0 Å². The molecule has 0 radical (unpaired) electrons. The highest BCUT2D eigenvalue weighted by molar-refractivity contribution is 5.94. The maximum Gasteiger partial charge on any atom is 0.336 e. The Morgan fingerprint density at radius 3 is 2.58 bits per heavy atom. The van der Waals surface area contributed by atoms with Gasteiger partial charge in [0.25, 0.3) is 5.91 Å². The second-order valence-electron chi connectivity index (χ2n) is 6.54. The molecule has 3 aromatic rings. The van der Waals surface area contributed by atoms with Crippen LogP contribution < -0.4 is 10.4 Å². The number of carbonyl (C=O) groups excluding carboxylic acids is 1. The van der Waals surface area contributed by atoms with Crippen molar-refractivity contribution in [3.05, 3.63) is 75.6 Å². The molecule has 0 N–H and O–H groups in total. The minimum Gasteiger partial charge on any atom is -0.489 e. The largest absolute Gasteiger partial charge is 0.489 e. The lowest BCUT2D eigenvalue weighted by molar-refractivity contribution is 0.0652. The van der Waals surface area contributed by atoms with E-state index in [9.17, 15) is 9.59 Å². The van der Waals surface area contributed by atoms with E-state index in [1.165, 1.54) is 6.07 Å². The van der Waals surface area contributed by atoms with Gasteiger partial charge in [0.05, 0.1) is 0 Å². The van der Waals surface area contributed by atoms with Gasteiger partial charge in [0.1, 0.15) is 17.9 Å². The molecule has 0 saturated carbocycles. The normalized spacial score (nSPS) is 13.5. The zero-order chi connectivity index (χ0) is 18.1. The molecule has 26 heavy (non-hydrogen) atoms. The van der Waals surface area contributed by atoms with Gasteiger partial charge in [0.2, 0.25) is 0 Å². The Labute approximate surface area is 150 Å². The first kappa shape index (κ1) is 16.4. The molecule has 0 bridgehead atoms. The first-order valence-electron chi connectivity index (χ1n) is 8.66. The quantitative estimate of drug-likeness (QED) is 0.676. The van der Waals surface area contributed by atoms with Crippen LogP contribution >= 0.6 is 0 Å². The molecule has 4 rings (SSSR count). The van der Waals surface area contributed by atoms with Crippen LogP contribution in [0.25, 0.3) is 11.0 Å². The molecule has 1 fully saturated rings. The summed E-state index contributed by atoms with van der Waals surface area (Å²) in [6.07, 6.45) is 1.09. The molecular weight excluding hydrogens is 330 g/mol. The van der Waals surface area contributed by atoms with Crippen LogP contribution in [0.5, 0.6) is 5.75 Å². The zero-order valence-electron chi connectivity index (χ0n) is 14.5. The molecule has 1 aliphatic heterocycles. The van der Waals surface area contributed by atoms with Crippen LogP contribution in [0.3, 0.4) is 0 Å². The summed E-state index contributed by atoms with van der Waals surface area (Å²) in [7, 11) is 0. The number of amides is 1. The summed E-state index contributed by atoms with van der Waals surface area (Å²) < 4.78 is 11.0. The van der Waals surface area contributed by atoms with Crippen LogP contribution in [0.15, 0.2) is 57.7 Å². The van der Waals surface area contributed by atoms with Gasteiger partial charge in [0.15, 0.2) is 0 Å². The maximum absolute atomic E-state index is 12.2. The third kappa shape index (κ3) is 3.20. The minimum absolute atomic E-state index is 0.0867. The molecule has 2 heterocycles. The van der Waals surface area contributed by atoms with Gasteiger partial charge < -0.3 is 14.1 Å². The summed E-state index contributed by atoms with van der Waals surface area (Å²) in [6.45, 7) is 3.95. The molecule has 0 atom stereocenters. The summed E-state index contributed by atoms with van der Waals surface area (Å²) in [5.74, 6) is 0.718. The fourth-order valence-electron chi connectivity index (χ4n) is 3.01. The number of carbonyl (C=O) groups is 1. The average Bonchev–Trinajstić information content (AvgIpc) is 2.58. The molecule has 0 spiro atoms. The van der Waals surface area contributed by atoms with E-state index >= 15 is 0 Å². The van der Waals surface area contributed by atoms with Crippen LogP contribution in [0.2, 0.25) is 0 Å². The van der Waals surface area contributed by atoms with Crippen molar-refractivity contribution in [2.24, 2.45) is 0 Å². The van der Waals surface area contributed by atoms with Crippen LogP contribution in [-0.2, 0) is 6.61 Å². The van der Waals surface area contributed by atoms with E-state index in [1.54, 1.807) is 6.07 Å². The molecule has 1 aromatic heterocycles. The lowest BCUT2D eigenvalue weighted by atomic mass is 10.1. The number of fused-ring (bicyclic) bond motifs is 1. The zero-order valence-corrected chi connectivity index (χ0v) is 14.5. The van der Waals surface area contributed by atoms with Gasteiger partial charge in [0, 0.05) is 36.2 Å². The Balaban J connectivity index is 1.46. The molecule has 2 aromatic carbocycles. The van der Waals surface area contributed by atoms with E-state index in [0.29, 0.717) is 23.5 Å². The number of hydrogen-bond acceptors (Lipinski definition) is 4. The van der Waals surface area contributed by atoms with Gasteiger partial charge in [-0.3, -0.25) is 4.79 Å². The van der Waals surface area contributed by atoms with Gasteiger partial charge in [-0.25, -0.2) is 4.79 Å². The number of rotatable bonds is 4. The van der Waals surface area contributed by atoms with E-state index in [4.69, 9.17) is 9.15 Å². The SMILES string of the molecule is Cc1cc(=O)oc2cc(OCc3ccc(C(=O)N4CCC4)cc3)ccc12. The van der Waals surface area contributed by atoms with Crippen LogP contribution in [0.4, 0.5) is 0 Å². The maximum atomic E-state index is 12.2. The lowest BCUT2D eigenvalue weighted by Gasteiger charge is -2.30. The number of aryl methyl sites for hydroxylation is 1. The first-order chi connectivity index (χ1) is 12.6. The number of hydrogen-bond donors (Lipinski definition) is 0. The summed E-state index contributed by atoms with van der Waals surface area (Å²) in [5.41, 5.74) is 2.70. The third-order valence-electron chi connectivity index (χ3n) is 4.67. The fourth-order valence-corrected chi connectivity index (χ4v) is 3.01. The second-order valence-corrected chi connectivity index (χ2v) is 6.54. The highest BCUT2D eigenvalue weighted by Gasteiger charge is 2.21. The minimum atomic E-state index is -0.366. The average molecular weight is 349 g/mol. The molecular formula is C21H19NO4. The molecule has 1 aliphatic rings. The number of nitrogens with zero attached hydrogens (tertiary/aromatic N) is 1. The van der Waals surface area contributed by atoms with Gasteiger partial charge in [-0.05, 0) is 48.7 Å². The van der Waals surface area contributed by atoms with Crippen molar-refractivity contribution in [3.63, 3.8) is 0 Å². The van der Waals surface area contributed by atoms with E-state index in [0.717, 1.165) is 36.0 Å². The lowest BCUT2D eigenvalue weighted by Crippen LogP contribution is -2.41. The molecule has 5 heteroatoms. The Kier molecular flexibility index (Phi) is 4.21. The molecule has 5 nitrogen and oxygen atoms in total. The summed E-state index contributed by atoms with van der Waals surface area (Å²) >= 11 is 0. The van der Waals surface area contributed by atoms with E-state index in [-0.39, 0.29) is 11.5 Å². The number of ether oxygens (including phenoxy) is 1. The van der Waals surface area contributed by atoms with E-state index in [1.807, 2.05) is 48.2 Å². The van der Waals surface area contributed by atoms with Crippen molar-refractivity contribution >= 4 is 16.9 Å². The van der Waals surface area contributed by atoms with Crippen molar-refractivity contribution in [1.29, 1.82) is 0 Å². The first-order valence-corrected chi connectivity index (χ1v) is 8.66. The number of likely N-dealkylation sites (tertiary alicyclic amines) is 1. The van der Waals surface area contributed by atoms with Gasteiger partial charge >= 0.3 is 5.63 Å². The van der Waals surface area contributed by atoms with E-state index < -0.39 is 0 Å². The molecule has 0 unspecified atom stereocenters. The predicted octanol–water partition coefficient (Wildman–Crippen LogP) is 3.53. The highest BCUT2D eigenvalue weighted by atomic mass is 16.5. The van der Waals surface area contributed by atoms with Gasteiger partial charge in [-0.2, -0.15) is 0 Å². The smallest absolute Gasteiger partial charge is 0.336 e. The second kappa shape index (κ2) is 6.67. The Bertz CT molecular complexity index is 1020. The molecule has 1 saturated heterocycles. The van der Waals surface area contributed by atoms with Crippen LogP contribution in [-0.4, -0.2) is 23.9 Å². The summed E-state index contributed by atoms with van der Waals surface area (Å²) in [5, 5.41) is 0.894. The highest BCUT2D eigenvalue weighted by Crippen LogP contribution is 2.23. The summed E-state index contributed by atoms with van der Waals surface area (Å²) in [4.78, 5) is 25.5. The third-order valence-corrected chi connectivity index (χ3v) is 4.67. The van der Waals surface area contributed by atoms with Gasteiger partial charge in [-0.15, -0.1) is 0 Å². The van der Waals surface area contributed by atoms with Crippen molar-refractivity contribution in [3.8, 4) is 5.75 Å². The topological polar surface area (TPSA) is 59.8 Å². The van der Waals surface area contributed by atoms with Gasteiger partial charge in [-0.1, -0.05) is 12.1 Å². The van der Waals surface area contributed by atoms with Crippen LogP contribution in [0, 0.1) is 6.92 Å². The molecule has 1 amide bonds. The Hall–Kier alpha value is -3.08. The monoisotopic (exact) mass is 349 g/mol. The Morgan fingerprint density at radius 1 is 1.12 bits per heavy atom. The van der Waals surface area contributed by atoms with Crippen molar-refractivity contribution < 1.29 is 13.9 Å². The molecule has 0 aliphatic carbocycles. The fraction of sp³-hybridized carbons (Fsp3) is 0.238. The van der Waals surface area contributed by atoms with E-state index in [2.05, 4.69) is 0 Å². The standard InChI is InChI=1S/C21H19NO4/c1-14-11-20(23)26-19-12-17(7-8-18(14)19)25-13-15-3-5-16(6-4-15)21(24)22-9-2-10-22/h3-8,11-12H,2,9-10,13H2,1H3. The predicted molar refractivity (Wildman–Crippen MR) is 98.5 cm³/mol.